The summed E-state index contributed by atoms with van der Waals surface area (Å²) >= 11 is 7.82. The zero-order valence-electron chi connectivity index (χ0n) is 21.9. The maximum Gasteiger partial charge on any atom is 0.240 e. The number of halogens is 3. The van der Waals surface area contributed by atoms with Gasteiger partial charge in [0.25, 0.3) is 0 Å². The van der Waals surface area contributed by atoms with Crippen molar-refractivity contribution in [3.63, 3.8) is 0 Å². The molecule has 1 N–H and O–H groups in total. The third-order valence-corrected chi connectivity index (χ3v) is 8.03. The van der Waals surface area contributed by atoms with E-state index in [-0.39, 0.29) is 35.6 Å². The van der Waals surface area contributed by atoms with E-state index in [1.54, 1.807) is 28.9 Å². The lowest BCUT2D eigenvalue weighted by molar-refractivity contribution is -0.123. The van der Waals surface area contributed by atoms with E-state index in [1.165, 1.54) is 28.8 Å². The Morgan fingerprint density at radius 2 is 1.82 bits per heavy atom. The van der Waals surface area contributed by atoms with Gasteiger partial charge in [0.05, 0.1) is 27.4 Å². The van der Waals surface area contributed by atoms with Crippen molar-refractivity contribution in [1.82, 2.24) is 15.1 Å². The minimum atomic E-state index is -0.733. The lowest BCUT2D eigenvalue weighted by Crippen LogP contribution is -2.43. The number of nitrogens with zero attached hydrogens (tertiary/aromatic N) is 3. The van der Waals surface area contributed by atoms with Gasteiger partial charge in [0, 0.05) is 29.3 Å². The molecule has 0 saturated heterocycles. The quantitative estimate of drug-likeness (QED) is 0.274. The Bertz CT molecular complexity index is 1560. The Hall–Kier alpha value is -3.69. The number of hydrogen-bond acceptors (Lipinski definition) is 4. The maximum atomic E-state index is 15.3. The monoisotopic (exact) mass is 580 g/mol. The third-order valence-electron chi connectivity index (χ3n) is 6.47. The van der Waals surface area contributed by atoms with Crippen molar-refractivity contribution in [2.45, 2.75) is 19.1 Å². The molecule has 1 unspecified atom stereocenters. The molecule has 2 amide bonds. The molecule has 6 nitrogen and oxygen atoms in total. The topological polar surface area (TPSA) is 67.2 Å². The number of carbonyl (C=O) groups excluding carboxylic acids is 2. The third kappa shape index (κ3) is 5.62. The number of hydrogen-bond donors (Lipinski definition) is 1. The van der Waals surface area contributed by atoms with E-state index in [4.69, 9.17) is 16.7 Å². The van der Waals surface area contributed by atoms with Crippen molar-refractivity contribution < 1.29 is 18.4 Å². The Labute approximate surface area is 240 Å². The van der Waals surface area contributed by atoms with Crippen LogP contribution in [0.3, 0.4) is 0 Å². The molecule has 0 spiro atoms. The summed E-state index contributed by atoms with van der Waals surface area (Å²) in [7, 11) is 0. The van der Waals surface area contributed by atoms with Crippen LogP contribution in [-0.4, -0.2) is 40.4 Å². The highest BCUT2D eigenvalue weighted by atomic mass is 35.5. The van der Waals surface area contributed by atoms with Gasteiger partial charge in [-0.05, 0) is 24.1 Å². The average molecular weight is 581 g/mol. The van der Waals surface area contributed by atoms with Crippen molar-refractivity contribution in [2.24, 2.45) is 5.92 Å². The van der Waals surface area contributed by atoms with E-state index in [9.17, 15) is 14.0 Å². The second-order valence-electron chi connectivity index (χ2n) is 9.85. The molecule has 5 rings (SSSR count). The first-order chi connectivity index (χ1) is 19.2. The zero-order valence-corrected chi connectivity index (χ0v) is 23.5. The maximum absolute atomic E-state index is 15.3. The molecular formula is C30H27ClF2N4O2S. The van der Waals surface area contributed by atoms with E-state index in [2.05, 4.69) is 5.32 Å². The van der Waals surface area contributed by atoms with E-state index >= 15 is 4.39 Å². The molecular weight excluding hydrogens is 554 g/mol. The van der Waals surface area contributed by atoms with E-state index < -0.39 is 16.9 Å². The van der Waals surface area contributed by atoms with Gasteiger partial charge in [-0.25, -0.2) is 13.5 Å². The van der Waals surface area contributed by atoms with Crippen LogP contribution in [0.4, 0.5) is 14.6 Å². The minimum Gasteiger partial charge on any atom is -0.354 e. The number of thioether (sulfide) groups is 1. The fraction of sp³-hybridized carbons (Fsp3) is 0.233. The summed E-state index contributed by atoms with van der Waals surface area (Å²) in [4.78, 5) is 28.1. The first-order valence-corrected chi connectivity index (χ1v) is 14.2. The first-order valence-electron chi connectivity index (χ1n) is 12.8. The highest BCUT2D eigenvalue weighted by molar-refractivity contribution is 8.00. The summed E-state index contributed by atoms with van der Waals surface area (Å²) in [6.45, 7) is 4.14. The molecule has 0 bridgehead atoms. The van der Waals surface area contributed by atoms with Crippen molar-refractivity contribution in [1.29, 1.82) is 0 Å². The predicted octanol–water partition coefficient (Wildman–Crippen LogP) is 6.41. The largest absolute Gasteiger partial charge is 0.354 e. The average Bonchev–Trinajstić information content (AvgIpc) is 3.25. The summed E-state index contributed by atoms with van der Waals surface area (Å²) in [5, 5.41) is 7.45. The minimum absolute atomic E-state index is 0.0373. The SMILES string of the molecule is CC(C)CNC(=O)CN1C(=O)CSC(c2ccc(F)cc2F)c2c(-c3ccccc3)nn(-c3ccccc3Cl)c21. The highest BCUT2D eigenvalue weighted by Gasteiger charge is 2.38. The molecule has 0 aliphatic carbocycles. The molecule has 1 aliphatic heterocycles. The van der Waals surface area contributed by atoms with Crippen LogP contribution in [0.2, 0.25) is 5.02 Å². The molecule has 1 aromatic heterocycles. The Balaban J connectivity index is 1.79. The Kier molecular flexibility index (Phi) is 8.23. The van der Waals surface area contributed by atoms with Gasteiger partial charge in [-0.15, -0.1) is 11.8 Å². The molecule has 40 heavy (non-hydrogen) atoms. The van der Waals surface area contributed by atoms with Gasteiger partial charge in [0.2, 0.25) is 11.8 Å². The van der Waals surface area contributed by atoms with Gasteiger partial charge in [-0.1, -0.05) is 74.0 Å². The van der Waals surface area contributed by atoms with E-state index in [0.29, 0.717) is 34.3 Å². The Morgan fingerprint density at radius 1 is 1.10 bits per heavy atom. The van der Waals surface area contributed by atoms with Crippen molar-refractivity contribution in [3.05, 3.63) is 101 Å². The van der Waals surface area contributed by atoms with Gasteiger partial charge < -0.3 is 5.32 Å². The lowest BCUT2D eigenvalue weighted by Gasteiger charge is -2.23. The van der Waals surface area contributed by atoms with Crippen LogP contribution in [0.25, 0.3) is 16.9 Å². The van der Waals surface area contributed by atoms with Crippen LogP contribution in [0.1, 0.15) is 30.2 Å². The van der Waals surface area contributed by atoms with Crippen LogP contribution in [0, 0.1) is 17.6 Å². The molecule has 10 heteroatoms. The van der Waals surface area contributed by atoms with Crippen LogP contribution < -0.4 is 10.2 Å². The zero-order chi connectivity index (χ0) is 28.4. The molecule has 1 atom stereocenters. The number of fused-ring (bicyclic) bond motifs is 1. The van der Waals surface area contributed by atoms with Gasteiger partial charge in [-0.3, -0.25) is 14.5 Å². The van der Waals surface area contributed by atoms with Crippen LogP contribution >= 0.6 is 23.4 Å². The number of benzene rings is 3. The van der Waals surface area contributed by atoms with Crippen molar-refractivity contribution >= 4 is 41.0 Å². The number of amides is 2. The molecule has 0 saturated carbocycles. The summed E-state index contributed by atoms with van der Waals surface area (Å²) in [6, 6.07) is 19.8. The van der Waals surface area contributed by atoms with Crippen LogP contribution in [0.5, 0.6) is 0 Å². The fourth-order valence-electron chi connectivity index (χ4n) is 4.60. The van der Waals surface area contributed by atoms with E-state index in [1.807, 2.05) is 44.2 Å². The highest BCUT2D eigenvalue weighted by Crippen LogP contribution is 2.49. The van der Waals surface area contributed by atoms with Crippen molar-refractivity contribution in [3.8, 4) is 16.9 Å². The van der Waals surface area contributed by atoms with Gasteiger partial charge >= 0.3 is 0 Å². The molecule has 3 aromatic carbocycles. The number of carbonyl (C=O) groups is 2. The smallest absolute Gasteiger partial charge is 0.240 e. The van der Waals surface area contributed by atoms with E-state index in [0.717, 1.165) is 11.6 Å². The summed E-state index contributed by atoms with van der Waals surface area (Å²) in [5.74, 6) is -1.61. The second-order valence-corrected chi connectivity index (χ2v) is 11.4. The molecule has 0 fully saturated rings. The summed E-state index contributed by atoms with van der Waals surface area (Å²) in [5.41, 5.74) is 2.47. The Morgan fingerprint density at radius 3 is 2.52 bits per heavy atom. The first kappa shape index (κ1) is 27.9. The number of aromatic nitrogens is 2. The molecule has 2 heterocycles. The second kappa shape index (κ2) is 11.8. The number of para-hydroxylation sites is 1. The number of nitrogens with one attached hydrogen (secondary N) is 1. The fourth-order valence-corrected chi connectivity index (χ4v) is 6.03. The van der Waals surface area contributed by atoms with Crippen LogP contribution in [-0.2, 0) is 9.59 Å². The van der Waals surface area contributed by atoms with Crippen LogP contribution in [0.15, 0.2) is 72.8 Å². The number of anilines is 1. The standard InChI is InChI=1S/C30H27ClF2N4O2S/c1-18(2)15-34-25(38)16-36-26(39)17-40-29(21-13-12-20(32)14-23(21)33)27-28(19-8-4-3-5-9-19)35-37(30(27)36)24-11-7-6-10-22(24)31/h3-14,18,29H,15-17H2,1-2H3,(H,34,38). The van der Waals surface area contributed by atoms with Crippen molar-refractivity contribution in [2.75, 3.05) is 23.7 Å². The van der Waals surface area contributed by atoms with Gasteiger partial charge in [0.15, 0.2) is 0 Å². The summed E-state index contributed by atoms with van der Waals surface area (Å²) < 4.78 is 30.8. The molecule has 0 radical (unpaired) electrons. The predicted molar refractivity (Wildman–Crippen MR) is 155 cm³/mol. The lowest BCUT2D eigenvalue weighted by atomic mass is 9.99. The summed E-state index contributed by atoms with van der Waals surface area (Å²) in [6.07, 6.45) is 0. The van der Waals surface area contributed by atoms with Gasteiger partial charge in [-0.2, -0.15) is 5.10 Å². The molecule has 1 aliphatic rings. The van der Waals surface area contributed by atoms with Gasteiger partial charge in [0.1, 0.15) is 24.0 Å². The molecule has 4 aromatic rings. The normalized spacial score (nSPS) is 15.2. The molecule has 206 valence electrons. The number of rotatable bonds is 7.